The van der Waals surface area contributed by atoms with E-state index < -0.39 is 0 Å². The third-order valence-electron chi connectivity index (χ3n) is 4.40. The van der Waals surface area contributed by atoms with Crippen LogP contribution >= 0.6 is 0 Å². The molecule has 0 heteroatoms. The van der Waals surface area contributed by atoms with Gasteiger partial charge in [0.05, 0.1) is 0 Å². The molecule has 0 aliphatic rings. The fraction of sp³-hybridized carbons (Fsp3) is 0.714. The smallest absolute Gasteiger partial charge is 0.0146 e. The van der Waals surface area contributed by atoms with Gasteiger partial charge in [0.15, 0.2) is 0 Å². The first-order chi connectivity index (χ1) is 10.3. The SMILES string of the molecule is CCCCCc1[c]ccc(CCCCC)c1CCCCC. The Bertz CT molecular complexity index is 336. The summed E-state index contributed by atoms with van der Waals surface area (Å²) in [6.45, 7) is 6.87. The minimum absolute atomic E-state index is 1.23. The van der Waals surface area contributed by atoms with Crippen molar-refractivity contribution in [3.05, 3.63) is 34.9 Å². The zero-order valence-electron chi connectivity index (χ0n) is 14.6. The Morgan fingerprint density at radius 2 is 1.29 bits per heavy atom. The van der Waals surface area contributed by atoms with Gasteiger partial charge in [-0.15, -0.1) is 0 Å². The number of benzene rings is 1. The molecule has 0 spiro atoms. The topological polar surface area (TPSA) is 0 Å². The van der Waals surface area contributed by atoms with E-state index in [4.69, 9.17) is 0 Å². The molecule has 0 aliphatic carbocycles. The molecule has 1 rings (SSSR count). The maximum atomic E-state index is 3.55. The van der Waals surface area contributed by atoms with E-state index in [1.807, 2.05) is 0 Å². The molecule has 0 atom stereocenters. The van der Waals surface area contributed by atoms with Crippen molar-refractivity contribution in [1.82, 2.24) is 0 Å². The number of unbranched alkanes of at least 4 members (excludes halogenated alkanes) is 6. The first kappa shape index (κ1) is 18.3. The Labute approximate surface area is 133 Å². The Kier molecular flexibility index (Phi) is 10.3. The van der Waals surface area contributed by atoms with E-state index in [0.29, 0.717) is 0 Å². The molecule has 0 aromatic heterocycles. The molecule has 0 amide bonds. The summed E-state index contributed by atoms with van der Waals surface area (Å²) in [6, 6.07) is 8.06. The maximum Gasteiger partial charge on any atom is -0.0146 e. The van der Waals surface area contributed by atoms with Crippen LogP contribution in [0.2, 0.25) is 0 Å². The quantitative estimate of drug-likeness (QED) is 0.376. The summed E-state index contributed by atoms with van der Waals surface area (Å²) in [5.41, 5.74) is 4.79. The standard InChI is InChI=1S/C21H35/c1-4-7-10-14-19-16-13-17-20(15-11-8-5-2)21(19)18-12-9-6-3/h13,16H,4-12,14-15,18H2,1-3H3. The van der Waals surface area contributed by atoms with Crippen LogP contribution in [0.1, 0.15) is 95.2 Å². The highest BCUT2D eigenvalue weighted by Crippen LogP contribution is 2.22. The predicted molar refractivity (Wildman–Crippen MR) is 95.0 cm³/mol. The summed E-state index contributed by atoms with van der Waals surface area (Å²) in [6.07, 6.45) is 15.8. The first-order valence-corrected chi connectivity index (χ1v) is 9.34. The number of hydrogen-bond acceptors (Lipinski definition) is 0. The van der Waals surface area contributed by atoms with Crippen molar-refractivity contribution >= 4 is 0 Å². The highest BCUT2D eigenvalue weighted by Gasteiger charge is 2.08. The molecule has 0 saturated heterocycles. The molecule has 0 saturated carbocycles. The second kappa shape index (κ2) is 11.8. The summed E-state index contributed by atoms with van der Waals surface area (Å²) in [5, 5.41) is 0. The summed E-state index contributed by atoms with van der Waals surface area (Å²) in [7, 11) is 0. The molecule has 0 nitrogen and oxygen atoms in total. The molecule has 0 fully saturated rings. The van der Waals surface area contributed by atoms with Crippen LogP contribution in [0.15, 0.2) is 12.1 Å². The summed E-state index contributed by atoms with van der Waals surface area (Å²) < 4.78 is 0. The molecule has 1 aromatic carbocycles. The third kappa shape index (κ3) is 7.16. The van der Waals surface area contributed by atoms with Crippen LogP contribution in [0, 0.1) is 6.07 Å². The molecule has 119 valence electrons. The van der Waals surface area contributed by atoms with Crippen molar-refractivity contribution in [3.8, 4) is 0 Å². The van der Waals surface area contributed by atoms with Gasteiger partial charge in [-0.25, -0.2) is 0 Å². The van der Waals surface area contributed by atoms with Gasteiger partial charge in [-0.2, -0.15) is 0 Å². The predicted octanol–water partition coefficient (Wildman–Crippen LogP) is 6.68. The summed E-state index contributed by atoms with van der Waals surface area (Å²) >= 11 is 0. The van der Waals surface area contributed by atoms with Gasteiger partial charge in [-0.1, -0.05) is 71.4 Å². The van der Waals surface area contributed by atoms with E-state index in [9.17, 15) is 0 Å². The molecule has 0 bridgehead atoms. The lowest BCUT2D eigenvalue weighted by molar-refractivity contribution is 0.677. The van der Waals surface area contributed by atoms with Crippen molar-refractivity contribution in [1.29, 1.82) is 0 Å². The minimum atomic E-state index is 1.23. The Morgan fingerprint density at radius 1 is 0.714 bits per heavy atom. The Balaban J connectivity index is 2.75. The van der Waals surface area contributed by atoms with Crippen LogP contribution in [0.3, 0.4) is 0 Å². The number of rotatable bonds is 12. The Hall–Kier alpha value is -0.780. The molecule has 0 unspecified atom stereocenters. The fourth-order valence-corrected chi connectivity index (χ4v) is 3.06. The van der Waals surface area contributed by atoms with Crippen molar-refractivity contribution in [3.63, 3.8) is 0 Å². The van der Waals surface area contributed by atoms with Crippen LogP contribution in [0.4, 0.5) is 0 Å². The van der Waals surface area contributed by atoms with Crippen LogP contribution in [-0.2, 0) is 19.3 Å². The molecular formula is C21H35. The third-order valence-corrected chi connectivity index (χ3v) is 4.40. The van der Waals surface area contributed by atoms with Crippen molar-refractivity contribution in [2.75, 3.05) is 0 Å². The van der Waals surface area contributed by atoms with Crippen LogP contribution in [0.25, 0.3) is 0 Å². The molecule has 0 heterocycles. The van der Waals surface area contributed by atoms with E-state index in [1.165, 1.54) is 82.6 Å². The summed E-state index contributed by atoms with van der Waals surface area (Å²) in [4.78, 5) is 0. The second-order valence-electron chi connectivity index (χ2n) is 6.33. The van der Waals surface area contributed by atoms with Gasteiger partial charge in [-0.3, -0.25) is 0 Å². The van der Waals surface area contributed by atoms with Gasteiger partial charge < -0.3 is 0 Å². The maximum absolute atomic E-state index is 3.55. The normalized spacial score (nSPS) is 11.0. The lowest BCUT2D eigenvalue weighted by Crippen LogP contribution is -2.02. The molecule has 1 aromatic rings. The van der Waals surface area contributed by atoms with Crippen LogP contribution in [-0.4, -0.2) is 0 Å². The zero-order chi connectivity index (χ0) is 15.3. The molecule has 0 aliphatic heterocycles. The van der Waals surface area contributed by atoms with E-state index in [-0.39, 0.29) is 0 Å². The summed E-state index contributed by atoms with van der Waals surface area (Å²) in [5.74, 6) is 0. The first-order valence-electron chi connectivity index (χ1n) is 9.34. The van der Waals surface area contributed by atoms with Gasteiger partial charge in [0.2, 0.25) is 0 Å². The van der Waals surface area contributed by atoms with E-state index in [2.05, 4.69) is 39.0 Å². The lowest BCUT2D eigenvalue weighted by atomic mass is 9.90. The average molecular weight is 288 g/mol. The van der Waals surface area contributed by atoms with Crippen molar-refractivity contribution < 1.29 is 0 Å². The van der Waals surface area contributed by atoms with Crippen molar-refractivity contribution in [2.45, 2.75) is 97.8 Å². The van der Waals surface area contributed by atoms with Gasteiger partial charge in [-0.05, 0) is 61.3 Å². The minimum Gasteiger partial charge on any atom is -0.0654 e. The number of hydrogen-bond donors (Lipinski definition) is 0. The Morgan fingerprint density at radius 3 is 1.90 bits per heavy atom. The highest BCUT2D eigenvalue weighted by molar-refractivity contribution is 5.35. The van der Waals surface area contributed by atoms with Crippen LogP contribution in [0.5, 0.6) is 0 Å². The van der Waals surface area contributed by atoms with E-state index in [0.717, 1.165) is 0 Å². The monoisotopic (exact) mass is 287 g/mol. The number of aryl methyl sites for hydroxylation is 2. The van der Waals surface area contributed by atoms with Crippen molar-refractivity contribution in [2.24, 2.45) is 0 Å². The molecular weight excluding hydrogens is 252 g/mol. The van der Waals surface area contributed by atoms with Gasteiger partial charge in [0.1, 0.15) is 0 Å². The average Bonchev–Trinajstić information content (AvgIpc) is 2.50. The molecule has 21 heavy (non-hydrogen) atoms. The van der Waals surface area contributed by atoms with E-state index in [1.54, 1.807) is 11.1 Å². The van der Waals surface area contributed by atoms with Gasteiger partial charge in [0, 0.05) is 0 Å². The van der Waals surface area contributed by atoms with Gasteiger partial charge >= 0.3 is 0 Å². The second-order valence-corrected chi connectivity index (χ2v) is 6.33. The van der Waals surface area contributed by atoms with Gasteiger partial charge in [0.25, 0.3) is 0 Å². The highest BCUT2D eigenvalue weighted by atomic mass is 14.1. The lowest BCUT2D eigenvalue weighted by Gasteiger charge is -2.15. The van der Waals surface area contributed by atoms with E-state index >= 15 is 0 Å². The zero-order valence-corrected chi connectivity index (χ0v) is 14.6. The molecule has 0 N–H and O–H groups in total. The molecule has 1 radical (unpaired) electrons. The largest absolute Gasteiger partial charge is 0.0654 e. The fourth-order valence-electron chi connectivity index (χ4n) is 3.06. The van der Waals surface area contributed by atoms with Crippen LogP contribution < -0.4 is 0 Å².